The number of nitrogens with zero attached hydrogens (tertiary/aromatic N) is 5. The number of carbonyl (C=O) groups is 1. The summed E-state index contributed by atoms with van der Waals surface area (Å²) in [4.78, 5) is 20.6. The van der Waals surface area contributed by atoms with Gasteiger partial charge in [-0.3, -0.25) is 4.57 Å². The molecular weight excluding hydrogens is 391 g/mol. The van der Waals surface area contributed by atoms with Crippen molar-refractivity contribution in [2.75, 3.05) is 23.7 Å². The van der Waals surface area contributed by atoms with Gasteiger partial charge in [0.2, 0.25) is 5.95 Å². The number of alkyl carbamates (subject to hydrolysis) is 1. The van der Waals surface area contributed by atoms with Gasteiger partial charge < -0.3 is 20.7 Å². The average Bonchev–Trinajstić information content (AvgIpc) is 3.20. The quantitative estimate of drug-likeness (QED) is 0.505. The van der Waals surface area contributed by atoms with Crippen molar-refractivity contribution in [1.82, 2.24) is 30.0 Å². The van der Waals surface area contributed by atoms with Crippen molar-refractivity contribution >= 4 is 23.5 Å². The number of anilines is 3. The maximum absolute atomic E-state index is 13.1. The highest BCUT2D eigenvalue weighted by atomic mass is 19.1. The molecular formula is C19H23FN8O2. The molecule has 0 aliphatic carbocycles. The minimum Gasteiger partial charge on any atom is -0.444 e. The highest BCUT2D eigenvalue weighted by molar-refractivity contribution is 5.67. The van der Waals surface area contributed by atoms with Gasteiger partial charge in [0, 0.05) is 24.8 Å². The SMILES string of the molecule is CC(C)(C)OC(=O)NCCNc1nc(Nc2ccc(F)cc2)cc(-n2cnnc2)n1. The van der Waals surface area contributed by atoms with Gasteiger partial charge in [-0.2, -0.15) is 9.97 Å². The van der Waals surface area contributed by atoms with E-state index >= 15 is 0 Å². The average molecular weight is 414 g/mol. The molecule has 0 bridgehead atoms. The Labute approximate surface area is 172 Å². The Morgan fingerprint density at radius 2 is 1.80 bits per heavy atom. The molecule has 3 N–H and O–H groups in total. The molecule has 1 aromatic carbocycles. The largest absolute Gasteiger partial charge is 0.444 e. The van der Waals surface area contributed by atoms with Crippen LogP contribution >= 0.6 is 0 Å². The molecule has 30 heavy (non-hydrogen) atoms. The van der Waals surface area contributed by atoms with Gasteiger partial charge >= 0.3 is 6.09 Å². The topological polar surface area (TPSA) is 119 Å². The van der Waals surface area contributed by atoms with E-state index in [4.69, 9.17) is 4.74 Å². The molecule has 0 aliphatic heterocycles. The summed E-state index contributed by atoms with van der Waals surface area (Å²) in [5, 5.41) is 16.4. The molecule has 0 saturated carbocycles. The Balaban J connectivity index is 1.67. The Kier molecular flexibility index (Phi) is 6.40. The number of ether oxygens (including phenoxy) is 1. The van der Waals surface area contributed by atoms with Crippen LogP contribution in [-0.4, -0.2) is 49.5 Å². The number of hydrogen-bond acceptors (Lipinski definition) is 8. The molecule has 0 spiro atoms. The van der Waals surface area contributed by atoms with Crippen molar-refractivity contribution in [2.45, 2.75) is 26.4 Å². The Bertz CT molecular complexity index is 971. The number of carbonyl (C=O) groups excluding carboxylic acids is 1. The monoisotopic (exact) mass is 414 g/mol. The lowest BCUT2D eigenvalue weighted by molar-refractivity contribution is 0.0530. The normalized spacial score (nSPS) is 11.1. The maximum atomic E-state index is 13.1. The maximum Gasteiger partial charge on any atom is 0.407 e. The number of nitrogens with one attached hydrogen (secondary N) is 3. The van der Waals surface area contributed by atoms with E-state index in [0.717, 1.165) is 0 Å². The van der Waals surface area contributed by atoms with E-state index in [1.165, 1.54) is 24.8 Å². The van der Waals surface area contributed by atoms with Crippen LogP contribution in [0.3, 0.4) is 0 Å². The van der Waals surface area contributed by atoms with Crippen LogP contribution in [0.1, 0.15) is 20.8 Å². The molecule has 0 atom stereocenters. The van der Waals surface area contributed by atoms with E-state index in [0.29, 0.717) is 36.4 Å². The third kappa shape index (κ3) is 6.40. The first-order valence-electron chi connectivity index (χ1n) is 9.26. The number of halogens is 1. The van der Waals surface area contributed by atoms with E-state index in [9.17, 15) is 9.18 Å². The fraction of sp³-hybridized carbons (Fsp3) is 0.316. The molecule has 0 radical (unpaired) electrons. The van der Waals surface area contributed by atoms with Gasteiger partial charge in [0.15, 0.2) is 0 Å². The Morgan fingerprint density at radius 3 is 2.47 bits per heavy atom. The molecule has 0 fully saturated rings. The first-order valence-corrected chi connectivity index (χ1v) is 9.26. The van der Waals surface area contributed by atoms with Crippen LogP contribution in [0.5, 0.6) is 0 Å². The van der Waals surface area contributed by atoms with Crippen molar-refractivity contribution in [2.24, 2.45) is 0 Å². The lowest BCUT2D eigenvalue weighted by Gasteiger charge is -2.19. The van der Waals surface area contributed by atoms with Crippen LogP contribution in [0.4, 0.5) is 26.6 Å². The van der Waals surface area contributed by atoms with Crippen molar-refractivity contribution in [3.8, 4) is 5.82 Å². The number of benzene rings is 1. The fourth-order valence-electron chi connectivity index (χ4n) is 2.36. The van der Waals surface area contributed by atoms with E-state index in [1.54, 1.807) is 43.5 Å². The summed E-state index contributed by atoms with van der Waals surface area (Å²) in [6, 6.07) is 7.62. The molecule has 11 heteroatoms. The minimum absolute atomic E-state index is 0.315. The summed E-state index contributed by atoms with van der Waals surface area (Å²) in [6.45, 7) is 6.08. The van der Waals surface area contributed by atoms with Gasteiger partial charge in [-0.25, -0.2) is 9.18 Å². The Morgan fingerprint density at radius 1 is 1.10 bits per heavy atom. The molecule has 1 amide bonds. The first-order chi connectivity index (χ1) is 14.3. The lowest BCUT2D eigenvalue weighted by atomic mass is 10.2. The van der Waals surface area contributed by atoms with E-state index in [1.807, 2.05) is 0 Å². The number of rotatable bonds is 7. The molecule has 10 nitrogen and oxygen atoms in total. The van der Waals surface area contributed by atoms with Crippen molar-refractivity contribution < 1.29 is 13.9 Å². The highest BCUT2D eigenvalue weighted by Crippen LogP contribution is 2.19. The Hall–Kier alpha value is -3.76. The number of amides is 1. The van der Waals surface area contributed by atoms with E-state index in [2.05, 4.69) is 36.1 Å². The van der Waals surface area contributed by atoms with Gasteiger partial charge in [-0.1, -0.05) is 0 Å². The smallest absolute Gasteiger partial charge is 0.407 e. The first kappa shape index (κ1) is 21.0. The second kappa shape index (κ2) is 9.16. The summed E-state index contributed by atoms with van der Waals surface area (Å²) in [6.07, 6.45) is 2.53. The molecule has 0 saturated heterocycles. The van der Waals surface area contributed by atoms with Gasteiger partial charge in [0.05, 0.1) is 0 Å². The summed E-state index contributed by atoms with van der Waals surface area (Å²) in [5.41, 5.74) is 0.108. The zero-order valence-electron chi connectivity index (χ0n) is 16.9. The van der Waals surface area contributed by atoms with Crippen molar-refractivity contribution in [3.63, 3.8) is 0 Å². The molecule has 2 heterocycles. The fourth-order valence-corrected chi connectivity index (χ4v) is 2.36. The lowest BCUT2D eigenvalue weighted by Crippen LogP contribution is -2.35. The molecule has 3 rings (SSSR count). The summed E-state index contributed by atoms with van der Waals surface area (Å²) in [7, 11) is 0. The number of hydrogen-bond donors (Lipinski definition) is 3. The van der Waals surface area contributed by atoms with Crippen LogP contribution in [0.2, 0.25) is 0 Å². The van der Waals surface area contributed by atoms with Crippen LogP contribution in [0.25, 0.3) is 5.82 Å². The zero-order valence-corrected chi connectivity index (χ0v) is 16.9. The second-order valence-corrected chi connectivity index (χ2v) is 7.29. The third-order valence-electron chi connectivity index (χ3n) is 3.59. The van der Waals surface area contributed by atoms with E-state index < -0.39 is 11.7 Å². The second-order valence-electron chi connectivity index (χ2n) is 7.29. The molecule has 158 valence electrons. The predicted molar refractivity (Wildman–Crippen MR) is 109 cm³/mol. The molecule has 3 aromatic rings. The van der Waals surface area contributed by atoms with Gasteiger partial charge in [0.1, 0.15) is 35.7 Å². The van der Waals surface area contributed by atoms with Gasteiger partial charge in [0.25, 0.3) is 0 Å². The minimum atomic E-state index is -0.561. The van der Waals surface area contributed by atoms with Crippen molar-refractivity contribution in [3.05, 3.63) is 48.8 Å². The molecule has 0 unspecified atom stereocenters. The third-order valence-corrected chi connectivity index (χ3v) is 3.59. The standard InChI is InChI=1S/C19H23FN8O2/c1-19(2,3)30-18(29)22-9-8-21-17-26-15(25-14-6-4-13(20)5-7-14)10-16(27-17)28-11-23-24-12-28/h4-7,10-12H,8-9H2,1-3H3,(H,22,29)(H2,21,25,26,27). The van der Waals surface area contributed by atoms with Crippen LogP contribution in [0.15, 0.2) is 43.0 Å². The van der Waals surface area contributed by atoms with Gasteiger partial charge in [-0.05, 0) is 45.0 Å². The van der Waals surface area contributed by atoms with Crippen molar-refractivity contribution in [1.29, 1.82) is 0 Å². The summed E-state index contributed by atoms with van der Waals surface area (Å²) in [5.74, 6) is 1.02. The highest BCUT2D eigenvalue weighted by Gasteiger charge is 2.15. The van der Waals surface area contributed by atoms with E-state index in [-0.39, 0.29) is 5.82 Å². The van der Waals surface area contributed by atoms with Crippen LogP contribution in [-0.2, 0) is 4.74 Å². The summed E-state index contributed by atoms with van der Waals surface area (Å²) >= 11 is 0. The van der Waals surface area contributed by atoms with Crippen LogP contribution < -0.4 is 16.0 Å². The molecule has 2 aromatic heterocycles. The molecule has 0 aliphatic rings. The number of aromatic nitrogens is 5. The zero-order chi connectivity index (χ0) is 21.6. The van der Waals surface area contributed by atoms with Crippen LogP contribution in [0, 0.1) is 5.82 Å². The predicted octanol–water partition coefficient (Wildman–Crippen LogP) is 2.88. The van der Waals surface area contributed by atoms with Gasteiger partial charge in [-0.15, -0.1) is 10.2 Å². The summed E-state index contributed by atoms with van der Waals surface area (Å²) < 4.78 is 20.0.